The molecule has 0 heterocycles. The van der Waals surface area contributed by atoms with Gasteiger partial charge in [-0.05, 0) is 11.6 Å². The summed E-state index contributed by atoms with van der Waals surface area (Å²) < 4.78 is 6.40. The van der Waals surface area contributed by atoms with Crippen molar-refractivity contribution in [3.05, 3.63) is 148 Å². The van der Waals surface area contributed by atoms with Gasteiger partial charge in [0.05, 0.1) is 23.2 Å². The molecule has 0 aromatic heterocycles. The van der Waals surface area contributed by atoms with Crippen LogP contribution >= 0.6 is 0 Å². The molecule has 0 bridgehead atoms. The Morgan fingerprint density at radius 3 is 1.86 bits per heavy atom. The number of ether oxygens (including phenoxy) is 1. The van der Waals surface area contributed by atoms with Crippen LogP contribution in [0.25, 0.3) is 0 Å². The van der Waals surface area contributed by atoms with Gasteiger partial charge in [-0.1, -0.05) is 139 Å². The second-order valence-corrected chi connectivity index (χ2v) is 13.1. The van der Waals surface area contributed by atoms with Crippen LogP contribution in [0.5, 0.6) is 0 Å². The number of hydrogen-bond donors (Lipinski definition) is 0. The Labute approximate surface area is 214 Å². The molecular formula is C31H31NO3Si. The molecule has 182 valence electrons. The van der Waals surface area contributed by atoms with Crippen molar-refractivity contribution in [2.45, 2.75) is 26.2 Å². The lowest BCUT2D eigenvalue weighted by molar-refractivity contribution is -0.386. The van der Waals surface area contributed by atoms with Gasteiger partial charge in [0.25, 0.3) is 5.69 Å². The molecule has 0 N–H and O–H groups in total. The van der Waals surface area contributed by atoms with E-state index in [2.05, 4.69) is 73.8 Å². The molecule has 0 aliphatic carbocycles. The van der Waals surface area contributed by atoms with Gasteiger partial charge in [0, 0.05) is 12.0 Å². The van der Waals surface area contributed by atoms with Crippen LogP contribution in [0.4, 0.5) is 5.69 Å². The molecule has 36 heavy (non-hydrogen) atoms. The van der Waals surface area contributed by atoms with Gasteiger partial charge in [0.1, 0.15) is 8.07 Å². The van der Waals surface area contributed by atoms with Crippen LogP contribution in [0, 0.1) is 16.0 Å². The highest BCUT2D eigenvalue weighted by Gasteiger charge is 2.31. The molecule has 0 saturated heterocycles. The Hall–Kier alpha value is -3.80. The van der Waals surface area contributed by atoms with E-state index in [0.717, 1.165) is 5.56 Å². The van der Waals surface area contributed by atoms with Crippen LogP contribution in [-0.2, 0) is 11.3 Å². The first-order valence-corrected chi connectivity index (χ1v) is 14.8. The largest absolute Gasteiger partial charge is 0.368 e. The minimum atomic E-state index is -2.20. The molecule has 0 spiro atoms. The molecule has 5 heteroatoms. The fourth-order valence-corrected chi connectivity index (χ4v) is 7.73. The minimum absolute atomic E-state index is 0.0851. The summed E-state index contributed by atoms with van der Waals surface area (Å²) in [6, 6.07) is 38.0. The lowest BCUT2D eigenvalue weighted by atomic mass is 9.96. The summed E-state index contributed by atoms with van der Waals surface area (Å²) in [7, 11) is -2.20. The number of hydrogen-bond acceptors (Lipinski definition) is 3. The molecule has 0 aliphatic heterocycles. The third kappa shape index (κ3) is 5.87. The third-order valence-corrected chi connectivity index (χ3v) is 10.6. The van der Waals surface area contributed by atoms with Crippen LogP contribution in [0.1, 0.15) is 24.2 Å². The number of nitro groups is 1. The Balaban J connectivity index is 1.71. The molecular weight excluding hydrogens is 462 g/mol. The first-order valence-electron chi connectivity index (χ1n) is 12.2. The molecule has 4 rings (SSSR count). The van der Waals surface area contributed by atoms with E-state index in [9.17, 15) is 10.1 Å². The summed E-state index contributed by atoms with van der Waals surface area (Å²) in [4.78, 5) is 11.5. The van der Waals surface area contributed by atoms with Crippen LogP contribution in [-0.4, -0.2) is 13.0 Å². The zero-order valence-corrected chi connectivity index (χ0v) is 21.7. The van der Waals surface area contributed by atoms with Crippen molar-refractivity contribution in [2.24, 2.45) is 5.92 Å². The normalized spacial score (nSPS) is 13.4. The van der Waals surface area contributed by atoms with Crippen LogP contribution in [0.3, 0.4) is 0 Å². The fourth-order valence-electron chi connectivity index (χ4n) is 4.55. The molecule has 0 unspecified atom stereocenters. The summed E-state index contributed by atoms with van der Waals surface area (Å²) in [5, 5.41) is 14.5. The molecule has 0 radical (unpaired) electrons. The molecule has 4 nitrogen and oxygen atoms in total. The highest BCUT2D eigenvalue weighted by atomic mass is 28.3. The summed E-state index contributed by atoms with van der Waals surface area (Å²) in [6.45, 7) is 4.79. The van der Waals surface area contributed by atoms with Crippen molar-refractivity contribution < 1.29 is 9.66 Å². The van der Waals surface area contributed by atoms with E-state index in [0.29, 0.717) is 12.2 Å². The maximum absolute atomic E-state index is 11.8. The van der Waals surface area contributed by atoms with E-state index in [4.69, 9.17) is 4.74 Å². The highest BCUT2D eigenvalue weighted by molar-refractivity contribution is 7.05. The van der Waals surface area contributed by atoms with Gasteiger partial charge >= 0.3 is 0 Å². The molecule has 4 aromatic rings. The van der Waals surface area contributed by atoms with Gasteiger partial charge in [-0.3, -0.25) is 10.1 Å². The third-order valence-electron chi connectivity index (χ3n) is 6.67. The average Bonchev–Trinajstić information content (AvgIpc) is 2.93. The summed E-state index contributed by atoms with van der Waals surface area (Å²) in [5.41, 5.74) is 4.06. The lowest BCUT2D eigenvalue weighted by Gasteiger charge is -2.27. The second-order valence-electron chi connectivity index (χ2n) is 9.19. The van der Waals surface area contributed by atoms with Gasteiger partial charge in [-0.2, -0.15) is 0 Å². The molecule has 0 aliphatic rings. The van der Waals surface area contributed by atoms with Gasteiger partial charge in [0.15, 0.2) is 0 Å². The van der Waals surface area contributed by atoms with E-state index in [1.807, 2.05) is 54.6 Å². The number of rotatable bonds is 10. The number of para-hydroxylation sites is 1. The molecule has 0 saturated carbocycles. The number of nitrogens with zero attached hydrogens (tertiary/aromatic N) is 1. The van der Waals surface area contributed by atoms with E-state index >= 15 is 0 Å². The molecule has 0 fully saturated rings. The van der Waals surface area contributed by atoms with Crippen molar-refractivity contribution in [3.8, 4) is 0 Å². The van der Waals surface area contributed by atoms with Crippen molar-refractivity contribution in [3.63, 3.8) is 0 Å². The van der Waals surface area contributed by atoms with E-state index < -0.39 is 14.2 Å². The van der Waals surface area contributed by atoms with Gasteiger partial charge in [-0.15, -0.1) is 0 Å². The highest BCUT2D eigenvalue weighted by Crippen LogP contribution is 2.34. The average molecular weight is 494 g/mol. The van der Waals surface area contributed by atoms with Crippen molar-refractivity contribution in [2.75, 3.05) is 0 Å². The molecule has 4 aromatic carbocycles. The Kier molecular flexibility index (Phi) is 8.26. The van der Waals surface area contributed by atoms with Crippen LogP contribution in [0.2, 0.25) is 6.55 Å². The van der Waals surface area contributed by atoms with Gasteiger partial charge in [-0.25, -0.2) is 0 Å². The zero-order valence-electron chi connectivity index (χ0n) is 20.7. The Bertz CT molecular complexity index is 1250. The van der Waals surface area contributed by atoms with Crippen LogP contribution in [0.15, 0.2) is 127 Å². The molecule has 2 atom stereocenters. The first-order chi connectivity index (χ1) is 17.5. The van der Waals surface area contributed by atoms with E-state index in [1.54, 1.807) is 12.1 Å². The SMILES string of the molecule is C[C@H](/C=C/[Si](C)(c1ccccc1)c1ccccc1)[C@H](OCc1ccccc1)c1ccccc1[N+](=O)[O-]. The monoisotopic (exact) mass is 493 g/mol. The maximum Gasteiger partial charge on any atom is 0.275 e. The van der Waals surface area contributed by atoms with E-state index in [-0.39, 0.29) is 16.5 Å². The smallest absolute Gasteiger partial charge is 0.275 e. The van der Waals surface area contributed by atoms with Crippen molar-refractivity contribution >= 4 is 24.1 Å². The summed E-state index contributed by atoms with van der Waals surface area (Å²) >= 11 is 0. The van der Waals surface area contributed by atoms with E-state index in [1.165, 1.54) is 10.4 Å². The summed E-state index contributed by atoms with van der Waals surface area (Å²) in [5.74, 6) is -0.0888. The van der Waals surface area contributed by atoms with Crippen LogP contribution < -0.4 is 10.4 Å². The second kappa shape index (κ2) is 11.8. The minimum Gasteiger partial charge on any atom is -0.368 e. The molecule has 0 amide bonds. The maximum atomic E-state index is 11.8. The Morgan fingerprint density at radius 2 is 1.31 bits per heavy atom. The van der Waals surface area contributed by atoms with Crippen molar-refractivity contribution in [1.29, 1.82) is 0 Å². The number of benzene rings is 4. The van der Waals surface area contributed by atoms with Crippen molar-refractivity contribution in [1.82, 2.24) is 0 Å². The lowest BCUT2D eigenvalue weighted by Crippen LogP contribution is -2.54. The predicted molar refractivity (Wildman–Crippen MR) is 149 cm³/mol. The number of nitro benzene ring substituents is 1. The van der Waals surface area contributed by atoms with Gasteiger partial charge < -0.3 is 4.74 Å². The first kappa shape index (κ1) is 25.3. The topological polar surface area (TPSA) is 52.4 Å². The Morgan fingerprint density at radius 1 is 0.806 bits per heavy atom. The quantitative estimate of drug-likeness (QED) is 0.144. The zero-order chi connectivity index (χ0) is 25.4. The standard InChI is InChI=1S/C31H31NO3Si/c1-25(22-23-36(2,27-16-8-4-9-17-27)28-18-10-5-11-19-28)31(35-24-26-14-6-3-7-15-26)29-20-12-13-21-30(29)32(33)34/h3-23,25,31H,24H2,1-2H3/b23-22+/t25-,31+/m1/s1. The fraction of sp³-hybridized carbons (Fsp3) is 0.161. The predicted octanol–water partition coefficient (Wildman–Crippen LogP) is 6.48. The van der Waals surface area contributed by atoms with Gasteiger partial charge in [0.2, 0.25) is 0 Å². The summed E-state index contributed by atoms with van der Waals surface area (Å²) in [6.07, 6.45) is 1.73.